The maximum atomic E-state index is 9.10. The van der Waals surface area contributed by atoms with Gasteiger partial charge in [-0.3, -0.25) is 0 Å². The minimum absolute atomic E-state index is 0.211. The molecule has 2 aromatic carbocycles. The van der Waals surface area contributed by atoms with Crippen LogP contribution < -0.4 is 0 Å². The molecule has 27 heavy (non-hydrogen) atoms. The normalized spacial score (nSPS) is 11.4. The Hall–Kier alpha value is -2.12. The predicted molar refractivity (Wildman–Crippen MR) is 105 cm³/mol. The second kappa shape index (κ2) is 11.6. The number of nitrogens with zero attached hydrogens (tertiary/aromatic N) is 1. The zero-order valence-electron chi connectivity index (χ0n) is 14.9. The fourth-order valence-electron chi connectivity index (χ4n) is 2.08. The molecule has 1 unspecified atom stereocenters. The van der Waals surface area contributed by atoms with Crippen LogP contribution in [-0.4, -0.2) is 54.3 Å². The van der Waals surface area contributed by atoms with Crippen LogP contribution in [0.15, 0.2) is 48.5 Å². The number of rotatable bonds is 6. The number of hydrogen-bond donors (Lipinski definition) is 2. The number of carboxylic acid groups (broad SMARTS) is 2. The largest absolute Gasteiger partial charge is 0.473 e. The van der Waals surface area contributed by atoms with Gasteiger partial charge >= 0.3 is 11.9 Å². The zero-order chi connectivity index (χ0) is 20.4. The third-order valence-electron chi connectivity index (χ3n) is 3.35. The fraction of sp³-hybridized carbons (Fsp3) is 0.263. The van der Waals surface area contributed by atoms with Crippen LogP contribution in [0.3, 0.4) is 0 Å². The SMILES string of the molecule is CN(C)CCOC(c1cccc(Cl)c1)c1ccccc1Cl.O=C(O)C(=O)O. The van der Waals surface area contributed by atoms with Crippen LogP contribution in [0, 0.1) is 0 Å². The van der Waals surface area contributed by atoms with Crippen molar-refractivity contribution < 1.29 is 24.5 Å². The highest BCUT2D eigenvalue weighted by Gasteiger charge is 2.18. The van der Waals surface area contributed by atoms with Gasteiger partial charge in [-0.25, -0.2) is 9.59 Å². The highest BCUT2D eigenvalue weighted by Crippen LogP contribution is 2.32. The van der Waals surface area contributed by atoms with Crippen LogP contribution in [0.25, 0.3) is 0 Å². The number of carboxylic acids is 2. The van der Waals surface area contributed by atoms with E-state index in [1.54, 1.807) is 0 Å². The molecule has 2 rings (SSSR count). The van der Waals surface area contributed by atoms with Crippen molar-refractivity contribution in [2.75, 3.05) is 27.2 Å². The minimum Gasteiger partial charge on any atom is -0.473 e. The van der Waals surface area contributed by atoms with Crippen molar-refractivity contribution in [3.8, 4) is 0 Å². The summed E-state index contributed by atoms with van der Waals surface area (Å²) in [5.41, 5.74) is 1.97. The molecule has 0 fully saturated rings. The van der Waals surface area contributed by atoms with E-state index in [2.05, 4.69) is 4.90 Å². The average molecular weight is 414 g/mol. The van der Waals surface area contributed by atoms with Crippen LogP contribution in [0.4, 0.5) is 0 Å². The third-order valence-corrected chi connectivity index (χ3v) is 3.92. The van der Waals surface area contributed by atoms with Crippen LogP contribution in [0.1, 0.15) is 17.2 Å². The number of carbonyl (C=O) groups is 2. The van der Waals surface area contributed by atoms with Crippen molar-refractivity contribution in [2.24, 2.45) is 0 Å². The van der Waals surface area contributed by atoms with E-state index >= 15 is 0 Å². The molecule has 0 spiro atoms. The van der Waals surface area contributed by atoms with Gasteiger partial charge in [-0.15, -0.1) is 0 Å². The summed E-state index contributed by atoms with van der Waals surface area (Å²) in [6.07, 6.45) is -0.211. The fourth-order valence-corrected chi connectivity index (χ4v) is 2.51. The van der Waals surface area contributed by atoms with Gasteiger partial charge in [0.2, 0.25) is 0 Å². The first-order chi connectivity index (χ1) is 12.7. The molecule has 0 aliphatic heterocycles. The van der Waals surface area contributed by atoms with E-state index in [1.165, 1.54) is 0 Å². The van der Waals surface area contributed by atoms with E-state index in [-0.39, 0.29) is 6.10 Å². The van der Waals surface area contributed by atoms with E-state index in [0.717, 1.165) is 17.7 Å². The molecule has 0 saturated heterocycles. The Balaban J connectivity index is 0.000000527. The summed E-state index contributed by atoms with van der Waals surface area (Å²) in [5.74, 6) is -3.65. The van der Waals surface area contributed by atoms with Gasteiger partial charge < -0.3 is 19.8 Å². The van der Waals surface area contributed by atoms with Crippen molar-refractivity contribution in [1.82, 2.24) is 4.90 Å². The summed E-state index contributed by atoms with van der Waals surface area (Å²) in [5, 5.41) is 16.2. The molecule has 0 radical (unpaired) electrons. The van der Waals surface area contributed by atoms with Gasteiger partial charge in [-0.1, -0.05) is 53.5 Å². The molecule has 2 aromatic rings. The second-order valence-corrected chi connectivity index (χ2v) is 6.58. The highest BCUT2D eigenvalue weighted by atomic mass is 35.5. The number of aliphatic carboxylic acids is 2. The van der Waals surface area contributed by atoms with E-state index in [9.17, 15) is 0 Å². The van der Waals surface area contributed by atoms with Gasteiger partial charge in [0.05, 0.1) is 6.61 Å². The summed E-state index contributed by atoms with van der Waals surface area (Å²) in [6, 6.07) is 15.5. The Bertz CT molecular complexity index is 755. The molecular formula is C19H21Cl2NO5. The Morgan fingerprint density at radius 1 is 1.04 bits per heavy atom. The Morgan fingerprint density at radius 3 is 2.19 bits per heavy atom. The lowest BCUT2D eigenvalue weighted by atomic mass is 10.0. The smallest absolute Gasteiger partial charge is 0.414 e. The van der Waals surface area contributed by atoms with Crippen molar-refractivity contribution in [2.45, 2.75) is 6.10 Å². The lowest BCUT2D eigenvalue weighted by Gasteiger charge is -2.21. The van der Waals surface area contributed by atoms with E-state index in [1.807, 2.05) is 62.6 Å². The van der Waals surface area contributed by atoms with Crippen LogP contribution >= 0.6 is 23.2 Å². The number of ether oxygens (including phenoxy) is 1. The minimum atomic E-state index is -1.82. The second-order valence-electron chi connectivity index (χ2n) is 5.74. The molecule has 0 saturated carbocycles. The lowest BCUT2D eigenvalue weighted by Crippen LogP contribution is -2.20. The van der Waals surface area contributed by atoms with Crippen LogP contribution in [0.2, 0.25) is 10.0 Å². The van der Waals surface area contributed by atoms with E-state index in [0.29, 0.717) is 16.7 Å². The maximum Gasteiger partial charge on any atom is 0.414 e. The van der Waals surface area contributed by atoms with Gasteiger partial charge in [0.15, 0.2) is 0 Å². The van der Waals surface area contributed by atoms with Gasteiger partial charge in [-0.05, 0) is 37.9 Å². The zero-order valence-corrected chi connectivity index (χ0v) is 16.4. The maximum absolute atomic E-state index is 9.10. The quantitative estimate of drug-likeness (QED) is 0.699. The van der Waals surface area contributed by atoms with Crippen LogP contribution in [0.5, 0.6) is 0 Å². The van der Waals surface area contributed by atoms with Gasteiger partial charge in [0, 0.05) is 22.2 Å². The third kappa shape index (κ3) is 8.41. The summed E-state index contributed by atoms with van der Waals surface area (Å²) in [6.45, 7) is 1.47. The molecule has 0 aliphatic rings. The Morgan fingerprint density at radius 2 is 1.67 bits per heavy atom. The molecular weight excluding hydrogens is 393 g/mol. The number of hydrogen-bond acceptors (Lipinski definition) is 4. The van der Waals surface area contributed by atoms with E-state index in [4.69, 9.17) is 47.7 Å². The Labute approximate surface area is 167 Å². The van der Waals surface area contributed by atoms with Gasteiger partial charge in [0.25, 0.3) is 0 Å². The molecule has 146 valence electrons. The molecule has 0 heterocycles. The lowest BCUT2D eigenvalue weighted by molar-refractivity contribution is -0.159. The molecule has 0 aromatic heterocycles. The first kappa shape index (κ1) is 22.9. The first-order valence-corrected chi connectivity index (χ1v) is 8.70. The number of likely N-dealkylation sites (N-methyl/N-ethyl adjacent to an activating group) is 1. The van der Waals surface area contributed by atoms with Gasteiger partial charge in [0.1, 0.15) is 6.10 Å². The molecule has 6 nitrogen and oxygen atoms in total. The molecule has 0 bridgehead atoms. The summed E-state index contributed by atoms with van der Waals surface area (Å²) < 4.78 is 6.08. The van der Waals surface area contributed by atoms with Crippen molar-refractivity contribution in [3.05, 3.63) is 69.7 Å². The topological polar surface area (TPSA) is 87.1 Å². The molecule has 8 heteroatoms. The highest BCUT2D eigenvalue weighted by molar-refractivity contribution is 6.31. The van der Waals surface area contributed by atoms with Crippen molar-refractivity contribution >= 4 is 35.1 Å². The summed E-state index contributed by atoms with van der Waals surface area (Å²) in [4.78, 5) is 20.3. The van der Waals surface area contributed by atoms with Crippen LogP contribution in [-0.2, 0) is 14.3 Å². The van der Waals surface area contributed by atoms with E-state index < -0.39 is 11.9 Å². The Kier molecular flexibility index (Phi) is 9.82. The average Bonchev–Trinajstić information content (AvgIpc) is 2.60. The first-order valence-electron chi connectivity index (χ1n) is 7.94. The predicted octanol–water partition coefficient (Wildman–Crippen LogP) is 3.82. The molecule has 0 aliphatic carbocycles. The van der Waals surface area contributed by atoms with Gasteiger partial charge in [-0.2, -0.15) is 0 Å². The number of benzene rings is 2. The van der Waals surface area contributed by atoms with Crippen molar-refractivity contribution in [3.63, 3.8) is 0 Å². The monoisotopic (exact) mass is 413 g/mol. The summed E-state index contributed by atoms with van der Waals surface area (Å²) in [7, 11) is 4.04. The number of halogens is 2. The molecule has 0 amide bonds. The van der Waals surface area contributed by atoms with Crippen molar-refractivity contribution in [1.29, 1.82) is 0 Å². The molecule has 1 atom stereocenters. The standard InChI is InChI=1S/C17H19Cl2NO.C2H2O4/c1-20(2)10-11-21-17(13-6-5-7-14(18)12-13)15-8-3-4-9-16(15)19;3-1(4)2(5)6/h3-9,12,17H,10-11H2,1-2H3;(H,3,4)(H,5,6). The summed E-state index contributed by atoms with van der Waals surface area (Å²) >= 11 is 12.4. The molecule has 2 N–H and O–H groups in total.